The lowest BCUT2D eigenvalue weighted by molar-refractivity contribution is 0.680. The number of nitriles is 1. The normalized spacial score (nSPS) is 21.2. The van der Waals surface area contributed by atoms with Crippen molar-refractivity contribution in [3.63, 3.8) is 0 Å². The number of aromatic amines is 1. The molecule has 4 nitrogen and oxygen atoms in total. The van der Waals surface area contributed by atoms with Gasteiger partial charge in [-0.05, 0) is 56.3 Å². The predicted octanol–water partition coefficient (Wildman–Crippen LogP) is 2.69. The summed E-state index contributed by atoms with van der Waals surface area (Å²) < 4.78 is 0. The molecule has 0 radical (unpaired) electrons. The summed E-state index contributed by atoms with van der Waals surface area (Å²) in [5, 5.41) is 17.7. The third kappa shape index (κ3) is 2.09. The first kappa shape index (κ1) is 12.7. The molecule has 3 N–H and O–H groups in total. The largest absolute Gasteiger partial charge is 0.380 e. The van der Waals surface area contributed by atoms with Crippen LogP contribution >= 0.6 is 0 Å². The van der Waals surface area contributed by atoms with Gasteiger partial charge in [-0.2, -0.15) is 5.26 Å². The van der Waals surface area contributed by atoms with Crippen LogP contribution in [0.4, 0.5) is 5.69 Å². The lowest BCUT2D eigenvalue weighted by Crippen LogP contribution is -2.22. The van der Waals surface area contributed by atoms with E-state index in [2.05, 4.69) is 27.8 Å². The minimum Gasteiger partial charge on any atom is -0.380 e. The van der Waals surface area contributed by atoms with E-state index in [0.717, 1.165) is 43.4 Å². The summed E-state index contributed by atoms with van der Waals surface area (Å²) in [5.74, 6) is 0. The Morgan fingerprint density at radius 1 is 1.24 bits per heavy atom. The van der Waals surface area contributed by atoms with E-state index in [1.807, 2.05) is 6.07 Å². The average molecular weight is 280 g/mol. The zero-order valence-electron chi connectivity index (χ0n) is 12.1. The Kier molecular flexibility index (Phi) is 3.08. The second-order valence-electron chi connectivity index (χ2n) is 6.15. The van der Waals surface area contributed by atoms with E-state index in [1.54, 1.807) is 0 Å². The molecule has 4 rings (SSSR count). The number of nitrogens with one attached hydrogen (secondary N) is 3. The summed E-state index contributed by atoms with van der Waals surface area (Å²) in [6.07, 6.45) is 5.90. The number of hydrogen-bond acceptors (Lipinski definition) is 3. The van der Waals surface area contributed by atoms with Crippen LogP contribution in [0, 0.1) is 11.3 Å². The number of rotatable bonds is 2. The first-order valence-electron chi connectivity index (χ1n) is 7.90. The summed E-state index contributed by atoms with van der Waals surface area (Å²) in [6, 6.07) is 6.85. The highest BCUT2D eigenvalue weighted by molar-refractivity contribution is 5.99. The maximum absolute atomic E-state index is 9.37. The van der Waals surface area contributed by atoms with Gasteiger partial charge in [-0.3, -0.25) is 0 Å². The van der Waals surface area contributed by atoms with Gasteiger partial charge >= 0.3 is 0 Å². The fraction of sp³-hybridized carbons (Fsp3) is 0.471. The quantitative estimate of drug-likeness (QED) is 0.792. The highest BCUT2D eigenvalue weighted by atomic mass is 15.0. The molecule has 0 saturated carbocycles. The van der Waals surface area contributed by atoms with Gasteiger partial charge in [-0.25, -0.2) is 0 Å². The molecule has 1 aromatic carbocycles. The van der Waals surface area contributed by atoms with Crippen molar-refractivity contribution in [2.24, 2.45) is 0 Å². The summed E-state index contributed by atoms with van der Waals surface area (Å²) in [4.78, 5) is 3.52. The van der Waals surface area contributed by atoms with E-state index < -0.39 is 0 Å². The summed E-state index contributed by atoms with van der Waals surface area (Å²) in [7, 11) is 0. The van der Waals surface area contributed by atoms with Gasteiger partial charge in [-0.15, -0.1) is 0 Å². The Labute approximate surface area is 124 Å². The molecule has 1 aliphatic heterocycles. The van der Waals surface area contributed by atoms with Gasteiger partial charge in [0.05, 0.1) is 11.1 Å². The number of aryl methyl sites for hydroxylation is 2. The van der Waals surface area contributed by atoms with Crippen molar-refractivity contribution in [1.29, 1.82) is 5.26 Å². The monoisotopic (exact) mass is 280 g/mol. The molecule has 1 aromatic heterocycles. The summed E-state index contributed by atoms with van der Waals surface area (Å²) in [6.45, 7) is 2.11. The summed E-state index contributed by atoms with van der Waals surface area (Å²) >= 11 is 0. The number of benzene rings is 1. The van der Waals surface area contributed by atoms with E-state index in [4.69, 9.17) is 0 Å². The minimum atomic E-state index is 0.496. The molecular formula is C17H20N4. The van der Waals surface area contributed by atoms with Crippen LogP contribution < -0.4 is 10.6 Å². The molecular weight excluding hydrogens is 260 g/mol. The van der Waals surface area contributed by atoms with Gasteiger partial charge in [0.15, 0.2) is 0 Å². The minimum absolute atomic E-state index is 0.496. The van der Waals surface area contributed by atoms with Crippen molar-refractivity contribution in [3.8, 4) is 6.07 Å². The molecule has 1 saturated heterocycles. The maximum Gasteiger partial charge on any atom is 0.101 e. The molecule has 108 valence electrons. The predicted molar refractivity (Wildman–Crippen MR) is 84.6 cm³/mol. The Balaban J connectivity index is 1.86. The first-order chi connectivity index (χ1) is 10.4. The fourth-order valence-electron chi connectivity index (χ4n) is 3.73. The van der Waals surface area contributed by atoms with E-state index >= 15 is 0 Å². The highest BCUT2D eigenvalue weighted by Crippen LogP contribution is 2.36. The summed E-state index contributed by atoms with van der Waals surface area (Å²) in [5.41, 5.74) is 5.75. The third-order valence-electron chi connectivity index (χ3n) is 4.79. The van der Waals surface area contributed by atoms with Crippen LogP contribution in [-0.2, 0) is 12.8 Å². The topological polar surface area (TPSA) is 63.6 Å². The molecule has 1 fully saturated rings. The molecule has 0 spiro atoms. The zero-order valence-corrected chi connectivity index (χ0v) is 12.1. The molecule has 0 bridgehead atoms. The van der Waals surface area contributed by atoms with Crippen LogP contribution in [0.3, 0.4) is 0 Å². The Morgan fingerprint density at radius 2 is 2.14 bits per heavy atom. The smallest absolute Gasteiger partial charge is 0.101 e. The zero-order chi connectivity index (χ0) is 14.2. The van der Waals surface area contributed by atoms with Crippen molar-refractivity contribution >= 4 is 16.6 Å². The fourth-order valence-corrected chi connectivity index (χ4v) is 3.73. The number of fused-ring (bicyclic) bond motifs is 3. The highest BCUT2D eigenvalue weighted by Gasteiger charge is 2.22. The van der Waals surface area contributed by atoms with Gasteiger partial charge in [0.2, 0.25) is 0 Å². The third-order valence-corrected chi connectivity index (χ3v) is 4.79. The van der Waals surface area contributed by atoms with Crippen molar-refractivity contribution in [1.82, 2.24) is 10.3 Å². The van der Waals surface area contributed by atoms with Gasteiger partial charge in [0.25, 0.3) is 0 Å². The molecule has 2 aromatic rings. The lowest BCUT2D eigenvalue weighted by atomic mass is 9.94. The van der Waals surface area contributed by atoms with E-state index in [0.29, 0.717) is 6.04 Å². The van der Waals surface area contributed by atoms with E-state index in [-0.39, 0.29) is 0 Å². The molecule has 2 heterocycles. The van der Waals surface area contributed by atoms with Gasteiger partial charge in [-0.1, -0.05) is 0 Å². The van der Waals surface area contributed by atoms with Gasteiger partial charge in [0, 0.05) is 29.4 Å². The average Bonchev–Trinajstić information content (AvgIpc) is 3.14. The Bertz CT molecular complexity index is 716. The number of anilines is 1. The van der Waals surface area contributed by atoms with Gasteiger partial charge in [0.1, 0.15) is 6.07 Å². The molecule has 1 atom stereocenters. The number of aromatic nitrogens is 1. The maximum atomic E-state index is 9.37. The number of nitrogens with zero attached hydrogens (tertiary/aromatic N) is 1. The molecule has 0 unspecified atom stereocenters. The molecule has 2 aliphatic rings. The van der Waals surface area contributed by atoms with Crippen LogP contribution in [0.2, 0.25) is 0 Å². The molecule has 21 heavy (non-hydrogen) atoms. The lowest BCUT2D eigenvalue weighted by Gasteiger charge is -2.16. The van der Waals surface area contributed by atoms with Crippen molar-refractivity contribution in [2.75, 3.05) is 18.4 Å². The van der Waals surface area contributed by atoms with Gasteiger partial charge < -0.3 is 15.6 Å². The SMILES string of the molecule is N#Cc1ccc(N[C@H]2CCNC2)c2c3c([nH]c12)CCCC3. The molecule has 4 heteroatoms. The van der Waals surface area contributed by atoms with Crippen LogP contribution in [0.5, 0.6) is 0 Å². The van der Waals surface area contributed by atoms with Crippen LogP contribution in [-0.4, -0.2) is 24.1 Å². The van der Waals surface area contributed by atoms with Crippen molar-refractivity contribution in [3.05, 3.63) is 29.0 Å². The Hall–Kier alpha value is -1.99. The molecule has 1 aliphatic carbocycles. The second kappa shape index (κ2) is 5.09. The Morgan fingerprint density at radius 3 is 2.95 bits per heavy atom. The first-order valence-corrected chi connectivity index (χ1v) is 7.90. The van der Waals surface area contributed by atoms with Crippen LogP contribution in [0.15, 0.2) is 12.1 Å². The van der Waals surface area contributed by atoms with E-state index in [9.17, 15) is 5.26 Å². The van der Waals surface area contributed by atoms with Crippen LogP contribution in [0.25, 0.3) is 10.9 Å². The van der Waals surface area contributed by atoms with E-state index in [1.165, 1.54) is 35.2 Å². The molecule has 0 amide bonds. The van der Waals surface area contributed by atoms with Crippen LogP contribution in [0.1, 0.15) is 36.1 Å². The number of hydrogen-bond donors (Lipinski definition) is 3. The standard InChI is InChI=1S/C17H20N4/c18-9-11-5-6-15(20-12-7-8-19-10-12)16-13-3-1-2-4-14(13)21-17(11)16/h5-6,12,19-21H,1-4,7-8,10H2/t12-/m0/s1. The number of H-pyrrole nitrogens is 1. The van der Waals surface area contributed by atoms with Crippen molar-refractivity contribution in [2.45, 2.75) is 38.1 Å². The second-order valence-corrected chi connectivity index (χ2v) is 6.15. The van der Waals surface area contributed by atoms with Crippen molar-refractivity contribution < 1.29 is 0 Å².